The Morgan fingerprint density at radius 2 is 2.06 bits per heavy atom. The summed E-state index contributed by atoms with van der Waals surface area (Å²) >= 11 is 0. The molecule has 1 saturated carbocycles. The molecule has 1 rings (SSSR count). The van der Waals surface area contributed by atoms with Crippen LogP contribution in [0.5, 0.6) is 0 Å². The molecule has 5 heteroatoms. The van der Waals surface area contributed by atoms with Gasteiger partial charge in [-0.25, -0.2) is 4.79 Å². The summed E-state index contributed by atoms with van der Waals surface area (Å²) in [5, 5.41) is 10.2. The van der Waals surface area contributed by atoms with Crippen molar-refractivity contribution >= 4 is 5.97 Å². The van der Waals surface area contributed by atoms with Gasteiger partial charge in [0.05, 0.1) is 6.61 Å². The molecule has 0 heterocycles. The average Bonchev–Trinajstić information content (AvgIpc) is 2.36. The zero-order valence-corrected chi connectivity index (χ0v) is 10.7. The molecular formula is C12H20F2O3. The number of halogens is 2. The first-order valence-corrected chi connectivity index (χ1v) is 5.84. The van der Waals surface area contributed by atoms with Crippen LogP contribution in [0.4, 0.5) is 8.78 Å². The first-order valence-electron chi connectivity index (χ1n) is 5.84. The number of carbonyl (C=O) groups excluding carboxylic acids is 1. The van der Waals surface area contributed by atoms with Crippen molar-refractivity contribution in [2.24, 2.45) is 11.3 Å². The molecule has 0 spiro atoms. The van der Waals surface area contributed by atoms with E-state index in [4.69, 9.17) is 0 Å². The van der Waals surface area contributed by atoms with E-state index in [0.717, 1.165) is 0 Å². The standard InChI is InChI=1S/C12H20F2O3/c1-5-17-9(15)12(13,14)11(16)7-10(3,4)6-8(11)2/h8,16H,5-7H2,1-4H3. The molecule has 1 N–H and O–H groups in total. The van der Waals surface area contributed by atoms with Crippen molar-refractivity contribution in [1.29, 1.82) is 0 Å². The van der Waals surface area contributed by atoms with E-state index in [0.29, 0.717) is 6.42 Å². The van der Waals surface area contributed by atoms with Gasteiger partial charge >= 0.3 is 11.9 Å². The van der Waals surface area contributed by atoms with Gasteiger partial charge in [0.1, 0.15) is 5.60 Å². The van der Waals surface area contributed by atoms with Crippen molar-refractivity contribution in [3.05, 3.63) is 0 Å². The summed E-state index contributed by atoms with van der Waals surface area (Å²) in [6.07, 6.45) is 0.353. The van der Waals surface area contributed by atoms with E-state index >= 15 is 0 Å². The van der Waals surface area contributed by atoms with E-state index in [-0.39, 0.29) is 13.0 Å². The fraction of sp³-hybridized carbons (Fsp3) is 0.917. The Morgan fingerprint density at radius 1 is 1.53 bits per heavy atom. The van der Waals surface area contributed by atoms with Crippen molar-refractivity contribution in [2.75, 3.05) is 6.61 Å². The minimum Gasteiger partial charge on any atom is -0.461 e. The van der Waals surface area contributed by atoms with Crippen LogP contribution in [0.1, 0.15) is 40.5 Å². The fourth-order valence-electron chi connectivity index (χ4n) is 2.79. The summed E-state index contributed by atoms with van der Waals surface area (Å²) in [5.74, 6) is -6.13. The van der Waals surface area contributed by atoms with Crippen LogP contribution in [-0.4, -0.2) is 29.2 Å². The lowest BCUT2D eigenvalue weighted by Gasteiger charge is -2.34. The molecule has 1 aliphatic rings. The lowest BCUT2D eigenvalue weighted by molar-refractivity contribution is -0.222. The van der Waals surface area contributed by atoms with Gasteiger partial charge in [-0.05, 0) is 31.1 Å². The SMILES string of the molecule is CCOC(=O)C(F)(F)C1(O)CC(C)(C)CC1C. The van der Waals surface area contributed by atoms with Crippen molar-refractivity contribution in [2.45, 2.75) is 52.1 Å². The van der Waals surface area contributed by atoms with Gasteiger partial charge in [-0.3, -0.25) is 0 Å². The minimum atomic E-state index is -3.85. The Kier molecular flexibility index (Phi) is 3.54. The maximum Gasteiger partial charge on any atom is 0.380 e. The lowest BCUT2D eigenvalue weighted by atomic mass is 9.84. The van der Waals surface area contributed by atoms with E-state index in [2.05, 4.69) is 4.74 Å². The normalized spacial score (nSPS) is 32.5. The number of ether oxygens (including phenoxy) is 1. The van der Waals surface area contributed by atoms with Gasteiger partial charge in [-0.15, -0.1) is 0 Å². The summed E-state index contributed by atoms with van der Waals surface area (Å²) in [6.45, 7) is 6.50. The molecule has 0 aromatic rings. The molecule has 0 aromatic carbocycles. The quantitative estimate of drug-likeness (QED) is 0.782. The van der Waals surface area contributed by atoms with Gasteiger partial charge in [0.15, 0.2) is 0 Å². The number of esters is 1. The van der Waals surface area contributed by atoms with Crippen LogP contribution in [0.15, 0.2) is 0 Å². The summed E-state index contributed by atoms with van der Waals surface area (Å²) in [4.78, 5) is 11.3. The smallest absolute Gasteiger partial charge is 0.380 e. The molecule has 0 bridgehead atoms. The third kappa shape index (κ3) is 2.30. The second-order valence-electron chi connectivity index (χ2n) is 5.67. The molecule has 0 aliphatic heterocycles. The lowest BCUT2D eigenvalue weighted by Crippen LogP contribution is -2.55. The highest BCUT2D eigenvalue weighted by molar-refractivity contribution is 5.79. The molecule has 2 atom stereocenters. The Labute approximate surface area is 100 Å². The average molecular weight is 250 g/mol. The van der Waals surface area contributed by atoms with Crippen LogP contribution in [0.25, 0.3) is 0 Å². The Bertz CT molecular complexity index is 315. The third-order valence-electron chi connectivity index (χ3n) is 3.50. The first kappa shape index (κ1) is 14.4. The van der Waals surface area contributed by atoms with E-state index in [1.54, 1.807) is 6.92 Å². The number of alkyl halides is 2. The molecule has 1 fully saturated rings. The summed E-state index contributed by atoms with van der Waals surface area (Å²) in [5.41, 5.74) is -2.70. The first-order chi connectivity index (χ1) is 7.57. The number of hydrogen-bond donors (Lipinski definition) is 1. The molecule has 1 aliphatic carbocycles. The second-order valence-corrected chi connectivity index (χ2v) is 5.67. The van der Waals surface area contributed by atoms with Crippen LogP contribution < -0.4 is 0 Å². The van der Waals surface area contributed by atoms with Gasteiger partial charge in [-0.1, -0.05) is 20.8 Å². The molecule has 0 aromatic heterocycles. The number of aliphatic hydroxyl groups is 1. The van der Waals surface area contributed by atoms with E-state index in [1.165, 1.54) is 6.92 Å². The number of rotatable bonds is 3. The molecule has 0 radical (unpaired) electrons. The van der Waals surface area contributed by atoms with Crippen LogP contribution in [0, 0.1) is 11.3 Å². The zero-order chi connectivity index (χ0) is 13.5. The van der Waals surface area contributed by atoms with Gasteiger partial charge in [0.25, 0.3) is 0 Å². The van der Waals surface area contributed by atoms with Crippen LogP contribution in [0.3, 0.4) is 0 Å². The van der Waals surface area contributed by atoms with Gasteiger partial charge in [-0.2, -0.15) is 8.78 Å². The van der Waals surface area contributed by atoms with Crippen LogP contribution in [0.2, 0.25) is 0 Å². The maximum atomic E-state index is 14.0. The third-order valence-corrected chi connectivity index (χ3v) is 3.50. The van der Waals surface area contributed by atoms with Crippen molar-refractivity contribution in [1.82, 2.24) is 0 Å². The summed E-state index contributed by atoms with van der Waals surface area (Å²) in [6, 6.07) is 0. The number of hydrogen-bond acceptors (Lipinski definition) is 3. The van der Waals surface area contributed by atoms with Crippen LogP contribution >= 0.6 is 0 Å². The van der Waals surface area contributed by atoms with Crippen molar-refractivity contribution in [3.8, 4) is 0 Å². The summed E-state index contributed by atoms with van der Waals surface area (Å²) in [7, 11) is 0. The van der Waals surface area contributed by atoms with E-state index in [9.17, 15) is 18.7 Å². The van der Waals surface area contributed by atoms with E-state index in [1.807, 2.05) is 13.8 Å². The fourth-order valence-corrected chi connectivity index (χ4v) is 2.79. The van der Waals surface area contributed by atoms with Gasteiger partial charge in [0.2, 0.25) is 0 Å². The topological polar surface area (TPSA) is 46.5 Å². The van der Waals surface area contributed by atoms with Gasteiger partial charge in [0, 0.05) is 0 Å². The minimum absolute atomic E-state index is 0.104. The number of carbonyl (C=O) groups is 1. The molecule has 3 nitrogen and oxygen atoms in total. The summed E-state index contributed by atoms with van der Waals surface area (Å²) < 4.78 is 32.3. The highest BCUT2D eigenvalue weighted by Crippen LogP contribution is 2.53. The van der Waals surface area contributed by atoms with Crippen molar-refractivity contribution < 1.29 is 23.4 Å². The monoisotopic (exact) mass is 250 g/mol. The largest absolute Gasteiger partial charge is 0.461 e. The second kappa shape index (κ2) is 4.19. The Hall–Kier alpha value is -0.710. The highest BCUT2D eigenvalue weighted by Gasteiger charge is 2.66. The predicted octanol–water partition coefficient (Wildman–Crippen LogP) is 2.37. The van der Waals surface area contributed by atoms with Gasteiger partial charge < -0.3 is 9.84 Å². The Morgan fingerprint density at radius 3 is 2.41 bits per heavy atom. The molecule has 2 unspecified atom stereocenters. The predicted molar refractivity (Wildman–Crippen MR) is 58.7 cm³/mol. The molecule has 100 valence electrons. The zero-order valence-electron chi connectivity index (χ0n) is 10.7. The van der Waals surface area contributed by atoms with Crippen molar-refractivity contribution in [3.63, 3.8) is 0 Å². The maximum absolute atomic E-state index is 14.0. The van der Waals surface area contributed by atoms with E-state index < -0.39 is 28.8 Å². The van der Waals surface area contributed by atoms with Crippen LogP contribution in [-0.2, 0) is 9.53 Å². The molecule has 0 amide bonds. The highest BCUT2D eigenvalue weighted by atomic mass is 19.3. The molecule has 0 saturated heterocycles. The molecular weight excluding hydrogens is 230 g/mol. The molecule has 17 heavy (non-hydrogen) atoms. The Balaban J connectivity index is 3.01.